The quantitative estimate of drug-likeness (QED) is 0.781. The number of aryl methyl sites for hydroxylation is 1. The van der Waals surface area contributed by atoms with Crippen molar-refractivity contribution in [3.8, 4) is 0 Å². The fraction of sp³-hybridized carbons (Fsp3) is 0.267. The molecule has 1 aliphatic rings. The smallest absolute Gasteiger partial charge is 0.270 e. The summed E-state index contributed by atoms with van der Waals surface area (Å²) in [6.45, 7) is 3.03. The molecule has 0 bridgehead atoms. The summed E-state index contributed by atoms with van der Waals surface area (Å²) in [6.07, 6.45) is 0. The van der Waals surface area contributed by atoms with Crippen LogP contribution in [0.25, 0.3) is 10.9 Å². The number of hydrogen-bond donors (Lipinski definition) is 1. The molecule has 3 aromatic rings. The normalized spacial score (nSPS) is 15.4. The van der Waals surface area contributed by atoms with Crippen LogP contribution in [0.1, 0.15) is 28.1 Å². The van der Waals surface area contributed by atoms with Crippen molar-refractivity contribution in [1.82, 2.24) is 20.0 Å². The molecule has 106 valence electrons. The van der Waals surface area contributed by atoms with Crippen molar-refractivity contribution < 1.29 is 9.32 Å². The first-order valence-electron chi connectivity index (χ1n) is 6.88. The number of para-hydroxylation sites is 1. The second-order valence-electron chi connectivity index (χ2n) is 5.36. The first-order chi connectivity index (χ1) is 10.2. The number of carbonyl (C=O) groups is 1. The van der Waals surface area contributed by atoms with E-state index in [0.29, 0.717) is 30.5 Å². The molecule has 1 saturated heterocycles. The zero-order valence-electron chi connectivity index (χ0n) is 11.5. The fourth-order valence-corrected chi connectivity index (χ4v) is 2.64. The highest BCUT2D eigenvalue weighted by molar-refractivity contribution is 5.98. The largest absolute Gasteiger partial charge is 0.351 e. The Morgan fingerprint density at radius 2 is 2.19 bits per heavy atom. The number of likely N-dealkylation sites (tertiary alicyclic amines) is 1. The molecule has 1 aliphatic heterocycles. The Kier molecular flexibility index (Phi) is 2.57. The molecule has 6 nitrogen and oxygen atoms in total. The van der Waals surface area contributed by atoms with Gasteiger partial charge in [0.15, 0.2) is 5.82 Å². The van der Waals surface area contributed by atoms with E-state index in [1.54, 1.807) is 11.8 Å². The van der Waals surface area contributed by atoms with Crippen LogP contribution in [0.4, 0.5) is 0 Å². The lowest BCUT2D eigenvalue weighted by atomic mass is 10.00. The summed E-state index contributed by atoms with van der Waals surface area (Å²) in [6, 6.07) is 9.75. The van der Waals surface area contributed by atoms with Gasteiger partial charge in [-0.3, -0.25) is 4.79 Å². The molecule has 3 heterocycles. The third-order valence-electron chi connectivity index (χ3n) is 3.82. The van der Waals surface area contributed by atoms with Gasteiger partial charge >= 0.3 is 0 Å². The average molecular weight is 282 g/mol. The maximum atomic E-state index is 12.4. The minimum Gasteiger partial charge on any atom is -0.351 e. The summed E-state index contributed by atoms with van der Waals surface area (Å²) < 4.78 is 5.14. The average Bonchev–Trinajstić information content (AvgIpc) is 3.03. The lowest BCUT2D eigenvalue weighted by Gasteiger charge is -2.36. The SMILES string of the molecule is Cc1noc(C2CN(C(=O)c3cc4ccccc4[nH]3)C2)n1. The Balaban J connectivity index is 1.49. The number of aromatic nitrogens is 3. The molecule has 0 saturated carbocycles. The van der Waals surface area contributed by atoms with Crippen LogP contribution in [0, 0.1) is 6.92 Å². The van der Waals surface area contributed by atoms with E-state index in [9.17, 15) is 4.79 Å². The Hall–Kier alpha value is -2.63. The first-order valence-corrected chi connectivity index (χ1v) is 6.88. The summed E-state index contributed by atoms with van der Waals surface area (Å²) in [5.41, 5.74) is 1.60. The molecule has 2 aromatic heterocycles. The molecule has 0 radical (unpaired) electrons. The molecule has 4 rings (SSSR count). The third-order valence-corrected chi connectivity index (χ3v) is 3.82. The highest BCUT2D eigenvalue weighted by Crippen LogP contribution is 2.27. The molecule has 0 atom stereocenters. The molecule has 1 aromatic carbocycles. The fourth-order valence-electron chi connectivity index (χ4n) is 2.64. The molecular weight excluding hydrogens is 268 g/mol. The predicted molar refractivity (Wildman–Crippen MR) is 76.0 cm³/mol. The van der Waals surface area contributed by atoms with Gasteiger partial charge in [-0.2, -0.15) is 4.98 Å². The Morgan fingerprint density at radius 3 is 2.90 bits per heavy atom. The summed E-state index contributed by atoms with van der Waals surface area (Å²) >= 11 is 0. The van der Waals surface area contributed by atoms with Gasteiger partial charge in [-0.05, 0) is 19.1 Å². The maximum Gasteiger partial charge on any atom is 0.270 e. The van der Waals surface area contributed by atoms with E-state index in [1.807, 2.05) is 30.3 Å². The number of nitrogens with one attached hydrogen (secondary N) is 1. The van der Waals surface area contributed by atoms with Crippen molar-refractivity contribution in [1.29, 1.82) is 0 Å². The van der Waals surface area contributed by atoms with Crippen molar-refractivity contribution in [2.45, 2.75) is 12.8 Å². The molecule has 1 N–H and O–H groups in total. The van der Waals surface area contributed by atoms with E-state index >= 15 is 0 Å². The molecule has 0 spiro atoms. The van der Waals surface area contributed by atoms with E-state index in [0.717, 1.165) is 10.9 Å². The van der Waals surface area contributed by atoms with Crippen LogP contribution < -0.4 is 0 Å². The third kappa shape index (κ3) is 1.99. The molecule has 0 unspecified atom stereocenters. The molecule has 1 fully saturated rings. The summed E-state index contributed by atoms with van der Waals surface area (Å²) in [4.78, 5) is 21.6. The molecule has 6 heteroatoms. The second kappa shape index (κ2) is 4.44. The zero-order chi connectivity index (χ0) is 14.4. The number of aromatic amines is 1. The van der Waals surface area contributed by atoms with E-state index in [4.69, 9.17) is 4.52 Å². The number of rotatable bonds is 2. The number of amides is 1. The highest BCUT2D eigenvalue weighted by atomic mass is 16.5. The molecule has 1 amide bonds. The van der Waals surface area contributed by atoms with Gasteiger partial charge in [0, 0.05) is 24.0 Å². The number of nitrogens with zero attached hydrogens (tertiary/aromatic N) is 3. The van der Waals surface area contributed by atoms with Crippen LogP contribution >= 0.6 is 0 Å². The first kappa shape index (κ1) is 12.1. The lowest BCUT2D eigenvalue weighted by Crippen LogP contribution is -2.48. The van der Waals surface area contributed by atoms with Crippen molar-refractivity contribution in [3.63, 3.8) is 0 Å². The molecular formula is C15H14N4O2. The topological polar surface area (TPSA) is 75.0 Å². The van der Waals surface area contributed by atoms with Gasteiger partial charge in [-0.25, -0.2) is 0 Å². The van der Waals surface area contributed by atoms with Crippen LogP contribution in [0.15, 0.2) is 34.9 Å². The Morgan fingerprint density at radius 1 is 1.38 bits per heavy atom. The van der Waals surface area contributed by atoms with Crippen molar-refractivity contribution in [2.75, 3.05) is 13.1 Å². The van der Waals surface area contributed by atoms with Gasteiger partial charge in [0.05, 0.1) is 5.92 Å². The number of carbonyl (C=O) groups excluding carboxylic acids is 1. The van der Waals surface area contributed by atoms with Gasteiger partial charge in [-0.15, -0.1) is 0 Å². The number of H-pyrrole nitrogens is 1. The van der Waals surface area contributed by atoms with Gasteiger partial charge in [-0.1, -0.05) is 23.4 Å². The van der Waals surface area contributed by atoms with E-state index < -0.39 is 0 Å². The van der Waals surface area contributed by atoms with Gasteiger partial charge in [0.1, 0.15) is 5.69 Å². The number of benzene rings is 1. The minimum absolute atomic E-state index is 0.0127. The highest BCUT2D eigenvalue weighted by Gasteiger charge is 2.36. The van der Waals surface area contributed by atoms with Gasteiger partial charge in [0.25, 0.3) is 5.91 Å². The molecule has 21 heavy (non-hydrogen) atoms. The lowest BCUT2D eigenvalue weighted by molar-refractivity contribution is 0.0564. The van der Waals surface area contributed by atoms with Crippen LogP contribution in [-0.4, -0.2) is 39.0 Å². The Labute approximate surface area is 120 Å². The van der Waals surface area contributed by atoms with E-state index in [2.05, 4.69) is 15.1 Å². The van der Waals surface area contributed by atoms with Crippen molar-refractivity contribution >= 4 is 16.8 Å². The van der Waals surface area contributed by atoms with E-state index in [1.165, 1.54) is 0 Å². The standard InChI is InChI=1S/C15H14N4O2/c1-9-16-14(21-18-9)11-7-19(8-11)15(20)13-6-10-4-2-3-5-12(10)17-13/h2-6,11,17H,7-8H2,1H3. The van der Waals surface area contributed by atoms with Crippen molar-refractivity contribution in [3.05, 3.63) is 47.7 Å². The summed E-state index contributed by atoms with van der Waals surface area (Å²) in [7, 11) is 0. The van der Waals surface area contributed by atoms with Crippen LogP contribution in [-0.2, 0) is 0 Å². The van der Waals surface area contributed by atoms with Crippen LogP contribution in [0.5, 0.6) is 0 Å². The Bertz CT molecular complexity index is 781. The van der Waals surface area contributed by atoms with Gasteiger partial charge < -0.3 is 14.4 Å². The second-order valence-corrected chi connectivity index (χ2v) is 5.36. The van der Waals surface area contributed by atoms with Crippen molar-refractivity contribution in [2.24, 2.45) is 0 Å². The zero-order valence-corrected chi connectivity index (χ0v) is 11.5. The monoisotopic (exact) mass is 282 g/mol. The maximum absolute atomic E-state index is 12.4. The molecule has 0 aliphatic carbocycles. The minimum atomic E-state index is 0.0127. The van der Waals surface area contributed by atoms with Gasteiger partial charge in [0.2, 0.25) is 5.89 Å². The number of hydrogen-bond acceptors (Lipinski definition) is 4. The van der Waals surface area contributed by atoms with Crippen LogP contribution in [0.3, 0.4) is 0 Å². The summed E-state index contributed by atoms with van der Waals surface area (Å²) in [5.74, 6) is 1.41. The van der Waals surface area contributed by atoms with Crippen LogP contribution in [0.2, 0.25) is 0 Å². The predicted octanol–water partition coefficient (Wildman–Crippen LogP) is 2.10. The van der Waals surface area contributed by atoms with E-state index in [-0.39, 0.29) is 11.8 Å². The summed E-state index contributed by atoms with van der Waals surface area (Å²) in [5, 5.41) is 4.83. The number of fused-ring (bicyclic) bond motifs is 1.